The van der Waals surface area contributed by atoms with Crippen LogP contribution in [0.15, 0.2) is 54.5 Å². The van der Waals surface area contributed by atoms with E-state index >= 15 is 0 Å². The van der Waals surface area contributed by atoms with Crippen LogP contribution in [0.5, 0.6) is 0 Å². The molecule has 0 bridgehead atoms. The van der Waals surface area contributed by atoms with E-state index in [4.69, 9.17) is 4.74 Å². The monoisotopic (exact) mass is 423 g/mol. The predicted molar refractivity (Wildman–Crippen MR) is 114 cm³/mol. The van der Waals surface area contributed by atoms with Crippen LogP contribution in [0.1, 0.15) is 30.9 Å². The van der Waals surface area contributed by atoms with Crippen LogP contribution in [0.2, 0.25) is 0 Å². The van der Waals surface area contributed by atoms with Gasteiger partial charge in [-0.2, -0.15) is 0 Å². The SMILES string of the molecule is CCN(CCc1ccncc1)C1=C(c2ccc(F)cc2)C(=O)N(CC2CCCO2)C1=O. The molecule has 7 heteroatoms. The van der Waals surface area contributed by atoms with Crippen LogP contribution in [0.3, 0.4) is 0 Å². The van der Waals surface area contributed by atoms with Gasteiger partial charge >= 0.3 is 0 Å². The van der Waals surface area contributed by atoms with Gasteiger partial charge in [-0.15, -0.1) is 0 Å². The van der Waals surface area contributed by atoms with E-state index in [9.17, 15) is 14.0 Å². The van der Waals surface area contributed by atoms with Crippen molar-refractivity contribution in [3.05, 3.63) is 71.4 Å². The maximum atomic E-state index is 13.5. The molecule has 2 aliphatic heterocycles. The highest BCUT2D eigenvalue weighted by atomic mass is 19.1. The lowest BCUT2D eigenvalue weighted by atomic mass is 10.0. The molecule has 1 fully saturated rings. The highest BCUT2D eigenvalue weighted by Crippen LogP contribution is 2.33. The van der Waals surface area contributed by atoms with Crippen LogP contribution in [0.25, 0.3) is 5.57 Å². The van der Waals surface area contributed by atoms with Gasteiger partial charge in [0.2, 0.25) is 0 Å². The Labute approximate surface area is 181 Å². The van der Waals surface area contributed by atoms with Crippen LogP contribution < -0.4 is 0 Å². The molecule has 1 aromatic heterocycles. The summed E-state index contributed by atoms with van der Waals surface area (Å²) in [5.74, 6) is -1.04. The van der Waals surface area contributed by atoms with Gasteiger partial charge < -0.3 is 9.64 Å². The molecule has 2 amide bonds. The van der Waals surface area contributed by atoms with Crippen LogP contribution >= 0.6 is 0 Å². The fourth-order valence-corrected chi connectivity index (χ4v) is 4.13. The molecule has 0 N–H and O–H groups in total. The summed E-state index contributed by atoms with van der Waals surface area (Å²) in [6.07, 6.45) is 5.82. The van der Waals surface area contributed by atoms with Gasteiger partial charge in [0, 0.05) is 32.1 Å². The molecule has 0 aliphatic carbocycles. The van der Waals surface area contributed by atoms with Crippen molar-refractivity contribution < 1.29 is 18.7 Å². The molecule has 0 radical (unpaired) electrons. The topological polar surface area (TPSA) is 62.7 Å². The summed E-state index contributed by atoms with van der Waals surface area (Å²) >= 11 is 0. The molecule has 4 rings (SSSR count). The number of likely N-dealkylation sites (N-methyl/N-ethyl adjacent to an activating group) is 1. The number of nitrogens with zero attached hydrogens (tertiary/aromatic N) is 3. The Morgan fingerprint density at radius 1 is 1.13 bits per heavy atom. The van der Waals surface area contributed by atoms with Gasteiger partial charge in [-0.05, 0) is 61.6 Å². The zero-order valence-electron chi connectivity index (χ0n) is 17.6. The summed E-state index contributed by atoms with van der Waals surface area (Å²) in [5.41, 5.74) is 2.36. The van der Waals surface area contributed by atoms with Crippen LogP contribution in [-0.4, -0.2) is 58.9 Å². The summed E-state index contributed by atoms with van der Waals surface area (Å²) in [6.45, 7) is 4.00. The second-order valence-corrected chi connectivity index (χ2v) is 7.77. The number of pyridine rings is 1. The highest BCUT2D eigenvalue weighted by molar-refractivity contribution is 6.35. The minimum atomic E-state index is -0.385. The summed E-state index contributed by atoms with van der Waals surface area (Å²) in [4.78, 5) is 34.1. The van der Waals surface area contributed by atoms with Gasteiger partial charge in [0.25, 0.3) is 11.8 Å². The third-order valence-electron chi connectivity index (χ3n) is 5.80. The molecule has 0 saturated carbocycles. The first kappa shape index (κ1) is 21.2. The second-order valence-electron chi connectivity index (χ2n) is 7.77. The molecular formula is C24H26FN3O3. The fraction of sp³-hybridized carbons (Fsp3) is 0.375. The van der Waals surface area contributed by atoms with Gasteiger partial charge in [0.1, 0.15) is 11.5 Å². The normalized spacial score (nSPS) is 18.9. The number of halogens is 1. The number of imide groups is 1. The molecular weight excluding hydrogens is 397 g/mol. The highest BCUT2D eigenvalue weighted by Gasteiger charge is 2.42. The van der Waals surface area contributed by atoms with E-state index in [2.05, 4.69) is 4.98 Å². The maximum Gasteiger partial charge on any atom is 0.277 e. The Balaban J connectivity index is 1.66. The van der Waals surface area contributed by atoms with Crippen LogP contribution in [0, 0.1) is 5.82 Å². The van der Waals surface area contributed by atoms with E-state index in [0.29, 0.717) is 43.0 Å². The smallest absolute Gasteiger partial charge is 0.277 e. The number of carbonyl (C=O) groups excluding carboxylic acids is 2. The molecule has 1 atom stereocenters. The number of benzene rings is 1. The average Bonchev–Trinajstić information content (AvgIpc) is 3.39. The van der Waals surface area contributed by atoms with E-state index in [1.807, 2.05) is 24.0 Å². The van der Waals surface area contributed by atoms with Gasteiger partial charge in [-0.3, -0.25) is 19.5 Å². The van der Waals surface area contributed by atoms with Crippen molar-refractivity contribution in [1.29, 1.82) is 0 Å². The Morgan fingerprint density at radius 2 is 1.87 bits per heavy atom. The number of ether oxygens (including phenoxy) is 1. The summed E-state index contributed by atoms with van der Waals surface area (Å²) in [5, 5.41) is 0. The molecule has 3 heterocycles. The summed E-state index contributed by atoms with van der Waals surface area (Å²) < 4.78 is 19.2. The first-order valence-corrected chi connectivity index (χ1v) is 10.7. The number of rotatable bonds is 8. The maximum absolute atomic E-state index is 13.5. The zero-order chi connectivity index (χ0) is 21.8. The van der Waals surface area contributed by atoms with Crippen molar-refractivity contribution in [1.82, 2.24) is 14.8 Å². The van der Waals surface area contributed by atoms with E-state index in [1.165, 1.54) is 17.0 Å². The predicted octanol–water partition coefficient (Wildman–Crippen LogP) is 3.04. The minimum Gasteiger partial charge on any atom is -0.376 e. The molecule has 6 nitrogen and oxygen atoms in total. The second kappa shape index (κ2) is 9.39. The number of hydrogen-bond donors (Lipinski definition) is 0. The number of carbonyl (C=O) groups is 2. The van der Waals surface area contributed by atoms with Gasteiger partial charge in [0.05, 0.1) is 18.2 Å². The van der Waals surface area contributed by atoms with Gasteiger partial charge in [-0.25, -0.2) is 4.39 Å². The Hall–Kier alpha value is -3.06. The van der Waals surface area contributed by atoms with E-state index in [-0.39, 0.29) is 30.3 Å². The van der Waals surface area contributed by atoms with Crippen molar-refractivity contribution in [2.24, 2.45) is 0 Å². The van der Waals surface area contributed by atoms with Gasteiger partial charge in [0.15, 0.2) is 0 Å². The largest absolute Gasteiger partial charge is 0.376 e. The van der Waals surface area contributed by atoms with E-state index < -0.39 is 0 Å². The lowest BCUT2D eigenvalue weighted by Gasteiger charge is -2.25. The van der Waals surface area contributed by atoms with E-state index in [0.717, 1.165) is 18.4 Å². The Kier molecular flexibility index (Phi) is 6.42. The molecule has 2 aliphatic rings. The molecule has 31 heavy (non-hydrogen) atoms. The molecule has 1 unspecified atom stereocenters. The fourth-order valence-electron chi connectivity index (χ4n) is 4.13. The third kappa shape index (κ3) is 4.51. The van der Waals surface area contributed by atoms with Crippen molar-refractivity contribution in [2.75, 3.05) is 26.2 Å². The van der Waals surface area contributed by atoms with Crippen molar-refractivity contribution in [3.63, 3.8) is 0 Å². The average molecular weight is 423 g/mol. The first-order chi connectivity index (χ1) is 15.1. The molecule has 162 valence electrons. The Morgan fingerprint density at radius 3 is 2.52 bits per heavy atom. The third-order valence-corrected chi connectivity index (χ3v) is 5.80. The molecule has 1 aromatic carbocycles. The summed E-state index contributed by atoms with van der Waals surface area (Å²) in [7, 11) is 0. The first-order valence-electron chi connectivity index (χ1n) is 10.7. The van der Waals surface area contributed by atoms with Crippen molar-refractivity contribution in [2.45, 2.75) is 32.3 Å². The van der Waals surface area contributed by atoms with Crippen molar-refractivity contribution in [3.8, 4) is 0 Å². The number of aromatic nitrogens is 1. The zero-order valence-corrected chi connectivity index (χ0v) is 17.6. The minimum absolute atomic E-state index is 0.131. The van der Waals surface area contributed by atoms with Crippen molar-refractivity contribution >= 4 is 17.4 Å². The Bertz CT molecular complexity index is 969. The molecule has 0 spiro atoms. The number of amides is 2. The lowest BCUT2D eigenvalue weighted by molar-refractivity contribution is -0.139. The van der Waals surface area contributed by atoms with Gasteiger partial charge in [-0.1, -0.05) is 12.1 Å². The molecule has 1 saturated heterocycles. The lowest BCUT2D eigenvalue weighted by Crippen LogP contribution is -2.40. The standard InChI is InChI=1S/C24H26FN3O3/c1-2-27(14-11-17-9-12-26-13-10-17)22-21(18-5-7-19(25)8-6-18)23(29)28(24(22)30)16-20-4-3-15-31-20/h5-10,12-13,20H,2-4,11,14-16H2,1H3. The molecule has 2 aromatic rings. The van der Waals surface area contributed by atoms with E-state index in [1.54, 1.807) is 24.5 Å². The number of hydrogen-bond acceptors (Lipinski definition) is 5. The quantitative estimate of drug-likeness (QED) is 0.611. The van der Waals surface area contributed by atoms with Crippen LogP contribution in [0.4, 0.5) is 4.39 Å². The summed E-state index contributed by atoms with van der Waals surface area (Å²) in [6, 6.07) is 9.62. The van der Waals surface area contributed by atoms with Crippen LogP contribution in [-0.2, 0) is 20.7 Å².